The van der Waals surface area contributed by atoms with Gasteiger partial charge >= 0.3 is 6.03 Å². The summed E-state index contributed by atoms with van der Waals surface area (Å²) in [6.45, 7) is 5.56. The van der Waals surface area contributed by atoms with Gasteiger partial charge in [-0.25, -0.2) is 14.4 Å². The van der Waals surface area contributed by atoms with Crippen molar-refractivity contribution in [1.29, 1.82) is 0 Å². The maximum absolute atomic E-state index is 13.0. The molecule has 2 N–H and O–H groups in total. The number of piperidine rings is 1. The van der Waals surface area contributed by atoms with Gasteiger partial charge in [0.15, 0.2) is 0 Å². The van der Waals surface area contributed by atoms with E-state index in [-0.39, 0.29) is 28.6 Å². The molecule has 4 aliphatic rings. The third-order valence-electron chi connectivity index (χ3n) is 6.45. The Labute approximate surface area is 160 Å². The zero-order valence-corrected chi connectivity index (χ0v) is 15.8. The number of hydrogen-bond donors (Lipinski definition) is 2. The molecule has 6 nitrogen and oxygen atoms in total. The number of urea groups is 1. The highest BCUT2D eigenvalue weighted by Gasteiger charge is 2.42. The number of hydrogen-bond acceptors (Lipinski definition) is 3. The molecule has 0 aromatic heterocycles. The smallest absolute Gasteiger partial charge is 0.318 e. The molecular formula is C20H30FN4O2+. The summed E-state index contributed by atoms with van der Waals surface area (Å²) in [4.78, 5) is 17.1. The SMILES string of the molecule is O=C(N[C@H]1CCN(CCc2ccc(F)cc2)C1)N1CC[N+]2(O)CCC1CC2. The number of carbonyl (C=O) groups excluding carboxylic acids is 1. The summed E-state index contributed by atoms with van der Waals surface area (Å²) in [7, 11) is 0. The van der Waals surface area contributed by atoms with E-state index in [1.807, 2.05) is 17.0 Å². The largest absolute Gasteiger partial charge is 0.334 e. The maximum Gasteiger partial charge on any atom is 0.318 e. The molecule has 1 atom stereocenters. The highest BCUT2D eigenvalue weighted by atomic mass is 19.1. The molecule has 4 aliphatic heterocycles. The Morgan fingerprint density at radius 1 is 1.15 bits per heavy atom. The third-order valence-corrected chi connectivity index (χ3v) is 6.45. The van der Waals surface area contributed by atoms with E-state index in [0.717, 1.165) is 64.0 Å². The van der Waals surface area contributed by atoms with Crippen molar-refractivity contribution >= 4 is 6.03 Å². The minimum atomic E-state index is -0.198. The third kappa shape index (κ3) is 4.42. The van der Waals surface area contributed by atoms with Crippen molar-refractivity contribution in [2.75, 3.05) is 45.8 Å². The number of likely N-dealkylation sites (tertiary alicyclic amines) is 1. The topological polar surface area (TPSA) is 55.8 Å². The van der Waals surface area contributed by atoms with Crippen LogP contribution in [-0.4, -0.2) is 83.6 Å². The van der Waals surface area contributed by atoms with E-state index in [1.54, 1.807) is 0 Å². The molecule has 7 heteroatoms. The van der Waals surface area contributed by atoms with E-state index >= 15 is 0 Å². The summed E-state index contributed by atoms with van der Waals surface area (Å²) in [6, 6.07) is 7.17. The van der Waals surface area contributed by atoms with Gasteiger partial charge in [-0.1, -0.05) is 12.1 Å². The van der Waals surface area contributed by atoms with Crippen molar-refractivity contribution < 1.29 is 19.0 Å². The van der Waals surface area contributed by atoms with Gasteiger partial charge in [0.2, 0.25) is 0 Å². The zero-order chi connectivity index (χ0) is 18.9. The van der Waals surface area contributed by atoms with Crippen molar-refractivity contribution in [3.05, 3.63) is 35.6 Å². The summed E-state index contributed by atoms with van der Waals surface area (Å²) >= 11 is 0. The molecule has 1 aromatic carbocycles. The number of amides is 2. The van der Waals surface area contributed by atoms with Gasteiger partial charge in [0.05, 0.1) is 6.54 Å². The van der Waals surface area contributed by atoms with Crippen LogP contribution in [0.2, 0.25) is 0 Å². The van der Waals surface area contributed by atoms with Crippen molar-refractivity contribution in [2.45, 2.75) is 37.8 Å². The number of nitrogens with zero attached hydrogens (tertiary/aromatic N) is 3. The number of halogens is 1. The number of benzene rings is 1. The van der Waals surface area contributed by atoms with Gasteiger partial charge in [0.25, 0.3) is 0 Å². The van der Waals surface area contributed by atoms with Crippen molar-refractivity contribution in [1.82, 2.24) is 15.1 Å². The first-order chi connectivity index (χ1) is 13.0. The molecule has 0 saturated carbocycles. The van der Waals surface area contributed by atoms with Gasteiger partial charge in [-0.15, -0.1) is 0 Å². The Balaban J connectivity index is 1.24. The van der Waals surface area contributed by atoms with Crippen LogP contribution in [0.1, 0.15) is 24.8 Å². The fourth-order valence-electron chi connectivity index (χ4n) is 4.66. The Hall–Kier alpha value is -1.70. The number of nitrogens with one attached hydrogen (secondary N) is 1. The van der Waals surface area contributed by atoms with Gasteiger partial charge in [-0.3, -0.25) is 0 Å². The van der Waals surface area contributed by atoms with E-state index in [2.05, 4.69) is 10.2 Å². The first-order valence-corrected chi connectivity index (χ1v) is 10.1. The second kappa shape index (κ2) is 7.73. The normalized spacial score (nSPS) is 31.1. The summed E-state index contributed by atoms with van der Waals surface area (Å²) < 4.78 is 13.1. The van der Waals surface area contributed by atoms with Gasteiger partial charge < -0.3 is 15.1 Å². The molecule has 4 heterocycles. The maximum atomic E-state index is 13.0. The average Bonchev–Trinajstić information content (AvgIpc) is 2.94. The lowest BCUT2D eigenvalue weighted by Crippen LogP contribution is -2.51. The van der Waals surface area contributed by atoms with Gasteiger partial charge in [0, 0.05) is 44.6 Å². The number of fused-ring (bicyclic) bond motifs is 4. The monoisotopic (exact) mass is 377 g/mol. The lowest BCUT2D eigenvalue weighted by Gasteiger charge is -2.33. The molecule has 5 rings (SSSR count). The number of rotatable bonds is 4. The Kier molecular flexibility index (Phi) is 5.34. The second-order valence-electron chi connectivity index (χ2n) is 8.30. The lowest BCUT2D eigenvalue weighted by molar-refractivity contribution is -1.10. The first kappa shape index (κ1) is 18.7. The fraction of sp³-hybridized carbons (Fsp3) is 0.650. The van der Waals surface area contributed by atoms with E-state index in [4.69, 9.17) is 0 Å². The predicted octanol–water partition coefficient (Wildman–Crippen LogP) is 1.84. The highest BCUT2D eigenvalue weighted by Crippen LogP contribution is 2.25. The molecule has 2 amide bonds. The van der Waals surface area contributed by atoms with E-state index in [9.17, 15) is 14.4 Å². The van der Waals surface area contributed by atoms with Gasteiger partial charge in [0.1, 0.15) is 25.5 Å². The van der Waals surface area contributed by atoms with E-state index in [0.29, 0.717) is 13.1 Å². The molecule has 1 aromatic rings. The van der Waals surface area contributed by atoms with Crippen LogP contribution in [0.5, 0.6) is 0 Å². The van der Waals surface area contributed by atoms with Gasteiger partial charge in [-0.2, -0.15) is 4.65 Å². The summed E-state index contributed by atoms with van der Waals surface area (Å²) in [5, 5.41) is 13.7. The molecule has 0 spiro atoms. The fourth-order valence-corrected chi connectivity index (χ4v) is 4.66. The number of hydroxylamine groups is 3. The zero-order valence-electron chi connectivity index (χ0n) is 15.8. The van der Waals surface area contributed by atoms with Crippen LogP contribution in [0, 0.1) is 5.82 Å². The molecule has 27 heavy (non-hydrogen) atoms. The van der Waals surface area contributed by atoms with E-state index < -0.39 is 0 Å². The van der Waals surface area contributed by atoms with Crippen molar-refractivity contribution in [3.63, 3.8) is 0 Å². The molecule has 4 fully saturated rings. The summed E-state index contributed by atoms with van der Waals surface area (Å²) in [5.41, 5.74) is 1.14. The molecule has 4 saturated heterocycles. The lowest BCUT2D eigenvalue weighted by atomic mass is 10.1. The quantitative estimate of drug-likeness (QED) is 0.788. The predicted molar refractivity (Wildman–Crippen MR) is 99.9 cm³/mol. The van der Waals surface area contributed by atoms with E-state index in [1.165, 1.54) is 12.1 Å². The molecule has 0 aliphatic carbocycles. The van der Waals surface area contributed by atoms with Crippen LogP contribution < -0.4 is 5.32 Å². The van der Waals surface area contributed by atoms with Crippen LogP contribution in [0.3, 0.4) is 0 Å². The van der Waals surface area contributed by atoms with Crippen LogP contribution in [-0.2, 0) is 6.42 Å². The molecule has 2 bridgehead atoms. The van der Waals surface area contributed by atoms with Crippen LogP contribution in [0.15, 0.2) is 24.3 Å². The Morgan fingerprint density at radius 2 is 1.89 bits per heavy atom. The summed E-state index contributed by atoms with van der Waals surface area (Å²) in [5.74, 6) is -0.198. The van der Waals surface area contributed by atoms with Crippen LogP contribution in [0.4, 0.5) is 9.18 Å². The molecule has 0 unspecified atom stereocenters. The first-order valence-electron chi connectivity index (χ1n) is 10.1. The van der Waals surface area contributed by atoms with Crippen LogP contribution >= 0.6 is 0 Å². The molecule has 0 radical (unpaired) electrons. The Morgan fingerprint density at radius 3 is 2.63 bits per heavy atom. The molecular weight excluding hydrogens is 347 g/mol. The number of carbonyl (C=O) groups is 1. The summed E-state index contributed by atoms with van der Waals surface area (Å²) in [6.07, 6.45) is 3.63. The van der Waals surface area contributed by atoms with Crippen molar-refractivity contribution in [2.24, 2.45) is 0 Å². The second-order valence-corrected chi connectivity index (χ2v) is 8.30. The minimum absolute atomic E-state index is 0.0285. The van der Waals surface area contributed by atoms with Crippen molar-refractivity contribution in [3.8, 4) is 0 Å². The van der Waals surface area contributed by atoms with Gasteiger partial charge in [-0.05, 0) is 30.5 Å². The highest BCUT2D eigenvalue weighted by molar-refractivity contribution is 5.75. The van der Waals surface area contributed by atoms with Crippen LogP contribution in [0.25, 0.3) is 0 Å². The number of quaternary nitrogens is 1. The molecule has 148 valence electrons. The standard InChI is InChI=1S/C20H29FN4O2/c21-17-3-1-16(2-4-17)5-9-23-10-6-18(15-23)22-20(26)24-11-14-25(27)12-7-19(24)8-13-25/h1-4,18-19,27H,5-15H2/p+1/t18-,19?,25?/m0/s1. The minimum Gasteiger partial charge on any atom is -0.334 e. The Bertz CT molecular complexity index is 660. The average molecular weight is 377 g/mol.